The molecule has 1 heterocycles. The number of nitrogens with zero attached hydrogens (tertiary/aromatic N) is 3. The molecule has 146 valence electrons. The molecule has 0 aliphatic rings. The number of carbonyl (C=O) groups is 1. The zero-order valence-electron chi connectivity index (χ0n) is 15.8. The van der Waals surface area contributed by atoms with Crippen LogP contribution in [0.4, 0.5) is 5.69 Å². The third kappa shape index (κ3) is 4.36. The highest BCUT2D eigenvalue weighted by molar-refractivity contribution is 9.10. The Labute approximate surface area is 181 Å². The van der Waals surface area contributed by atoms with Crippen molar-refractivity contribution in [2.45, 2.75) is 18.6 Å². The number of hydrogen-bond acceptors (Lipinski definition) is 4. The summed E-state index contributed by atoms with van der Waals surface area (Å²) >= 11 is 4.84. The second-order valence-corrected chi connectivity index (χ2v) is 8.28. The first-order valence-electron chi connectivity index (χ1n) is 9.25. The first kappa shape index (κ1) is 19.7. The average Bonchev–Trinajstić information content (AvgIpc) is 3.16. The van der Waals surface area contributed by atoms with Crippen molar-refractivity contribution < 1.29 is 4.79 Å². The fourth-order valence-corrected chi connectivity index (χ4v) is 4.21. The fourth-order valence-electron chi connectivity index (χ4n) is 3.14. The standard InChI is InChI=1S/C22H19BrN4OS/c1-2-27-21(16-10-12-17(23)13-11-16)25-26-22(27)29-14-20(28)24-19-9-5-7-15-6-3-4-8-18(15)19/h3-13H,2,14H2,1H3,(H,24,28). The molecule has 1 amide bonds. The van der Waals surface area contributed by atoms with Crippen LogP contribution in [0.5, 0.6) is 0 Å². The van der Waals surface area contributed by atoms with E-state index in [1.54, 1.807) is 0 Å². The summed E-state index contributed by atoms with van der Waals surface area (Å²) in [6, 6.07) is 21.9. The molecular formula is C22H19BrN4OS. The molecule has 0 aliphatic heterocycles. The van der Waals surface area contributed by atoms with E-state index in [0.29, 0.717) is 0 Å². The van der Waals surface area contributed by atoms with Crippen molar-refractivity contribution in [1.82, 2.24) is 14.8 Å². The summed E-state index contributed by atoms with van der Waals surface area (Å²) in [4.78, 5) is 12.5. The molecule has 4 rings (SSSR count). The van der Waals surface area contributed by atoms with Crippen molar-refractivity contribution in [1.29, 1.82) is 0 Å². The zero-order valence-corrected chi connectivity index (χ0v) is 18.2. The van der Waals surface area contributed by atoms with Gasteiger partial charge in [0, 0.05) is 27.7 Å². The second kappa shape index (κ2) is 8.80. The van der Waals surface area contributed by atoms with Crippen molar-refractivity contribution in [2.75, 3.05) is 11.1 Å². The highest BCUT2D eigenvalue weighted by atomic mass is 79.9. The molecule has 0 saturated carbocycles. The van der Waals surface area contributed by atoms with E-state index in [0.717, 1.165) is 44.0 Å². The summed E-state index contributed by atoms with van der Waals surface area (Å²) in [6.45, 7) is 2.78. The topological polar surface area (TPSA) is 59.8 Å². The number of nitrogens with one attached hydrogen (secondary N) is 1. The maximum atomic E-state index is 12.5. The number of hydrogen-bond donors (Lipinski definition) is 1. The average molecular weight is 467 g/mol. The van der Waals surface area contributed by atoms with Gasteiger partial charge in [-0.05, 0) is 30.5 Å². The SMILES string of the molecule is CCn1c(SCC(=O)Nc2cccc3ccccc23)nnc1-c1ccc(Br)cc1. The minimum absolute atomic E-state index is 0.0674. The number of thioether (sulfide) groups is 1. The third-order valence-corrected chi connectivity index (χ3v) is 6.03. The zero-order chi connectivity index (χ0) is 20.2. The number of fused-ring (bicyclic) bond motifs is 1. The number of halogens is 1. The Morgan fingerprint density at radius 2 is 1.79 bits per heavy atom. The van der Waals surface area contributed by atoms with Gasteiger partial charge in [-0.25, -0.2) is 0 Å². The molecule has 4 aromatic rings. The Hall–Kier alpha value is -2.64. The van der Waals surface area contributed by atoms with Gasteiger partial charge in [-0.2, -0.15) is 0 Å². The first-order valence-corrected chi connectivity index (χ1v) is 11.0. The van der Waals surface area contributed by atoms with Crippen LogP contribution in [0.3, 0.4) is 0 Å². The van der Waals surface area contributed by atoms with Crippen LogP contribution in [0.25, 0.3) is 22.2 Å². The van der Waals surface area contributed by atoms with Crippen LogP contribution in [-0.2, 0) is 11.3 Å². The van der Waals surface area contributed by atoms with Crippen LogP contribution in [0.2, 0.25) is 0 Å². The summed E-state index contributed by atoms with van der Waals surface area (Å²) in [7, 11) is 0. The molecule has 5 nitrogen and oxygen atoms in total. The lowest BCUT2D eigenvalue weighted by molar-refractivity contribution is -0.113. The van der Waals surface area contributed by atoms with E-state index < -0.39 is 0 Å². The van der Waals surface area contributed by atoms with Crippen molar-refractivity contribution in [2.24, 2.45) is 0 Å². The van der Waals surface area contributed by atoms with E-state index in [2.05, 4.69) is 31.4 Å². The maximum absolute atomic E-state index is 12.5. The van der Waals surface area contributed by atoms with Crippen molar-refractivity contribution in [3.63, 3.8) is 0 Å². The molecule has 0 saturated heterocycles. The summed E-state index contributed by atoms with van der Waals surface area (Å²) in [6.07, 6.45) is 0. The van der Waals surface area contributed by atoms with Gasteiger partial charge in [0.1, 0.15) is 0 Å². The summed E-state index contributed by atoms with van der Waals surface area (Å²) in [5.74, 6) is 1.00. The minimum Gasteiger partial charge on any atom is -0.325 e. The number of rotatable bonds is 6. The molecule has 0 fully saturated rings. The lowest BCUT2D eigenvalue weighted by Crippen LogP contribution is -2.15. The Bertz CT molecular complexity index is 1150. The highest BCUT2D eigenvalue weighted by Crippen LogP contribution is 2.26. The Morgan fingerprint density at radius 3 is 2.59 bits per heavy atom. The van der Waals surface area contributed by atoms with Gasteiger partial charge in [-0.15, -0.1) is 10.2 Å². The molecular weight excluding hydrogens is 448 g/mol. The van der Waals surface area contributed by atoms with Gasteiger partial charge >= 0.3 is 0 Å². The van der Waals surface area contributed by atoms with Gasteiger partial charge in [-0.1, -0.05) is 76.2 Å². The minimum atomic E-state index is -0.0674. The fraction of sp³-hybridized carbons (Fsp3) is 0.136. The Kier molecular flexibility index (Phi) is 5.97. The van der Waals surface area contributed by atoms with E-state index in [4.69, 9.17) is 0 Å². The van der Waals surface area contributed by atoms with E-state index in [-0.39, 0.29) is 11.7 Å². The predicted molar refractivity (Wildman–Crippen MR) is 122 cm³/mol. The summed E-state index contributed by atoms with van der Waals surface area (Å²) in [5.41, 5.74) is 1.82. The molecule has 0 bridgehead atoms. The van der Waals surface area contributed by atoms with Crippen LogP contribution >= 0.6 is 27.7 Å². The quantitative estimate of drug-likeness (QED) is 0.375. The van der Waals surface area contributed by atoms with Crippen LogP contribution in [-0.4, -0.2) is 26.4 Å². The third-order valence-electron chi connectivity index (χ3n) is 4.53. The highest BCUT2D eigenvalue weighted by Gasteiger charge is 2.15. The van der Waals surface area contributed by atoms with Crippen LogP contribution in [0.1, 0.15) is 6.92 Å². The number of aromatic nitrogens is 3. The molecule has 0 atom stereocenters. The Balaban J connectivity index is 1.47. The lowest BCUT2D eigenvalue weighted by Gasteiger charge is -2.09. The maximum Gasteiger partial charge on any atom is 0.234 e. The van der Waals surface area contributed by atoms with E-state index in [1.165, 1.54) is 11.8 Å². The number of anilines is 1. The van der Waals surface area contributed by atoms with Gasteiger partial charge in [0.2, 0.25) is 5.91 Å². The Morgan fingerprint density at radius 1 is 1.03 bits per heavy atom. The smallest absolute Gasteiger partial charge is 0.234 e. The van der Waals surface area contributed by atoms with Gasteiger partial charge in [0.15, 0.2) is 11.0 Å². The molecule has 3 aromatic carbocycles. The van der Waals surface area contributed by atoms with Gasteiger partial charge in [0.05, 0.1) is 5.75 Å². The number of benzene rings is 3. The number of amides is 1. The van der Waals surface area contributed by atoms with E-state index in [1.807, 2.05) is 78.2 Å². The summed E-state index contributed by atoms with van der Waals surface area (Å²) < 4.78 is 3.04. The van der Waals surface area contributed by atoms with Crippen LogP contribution in [0.15, 0.2) is 76.4 Å². The van der Waals surface area contributed by atoms with E-state index in [9.17, 15) is 4.79 Å². The van der Waals surface area contributed by atoms with E-state index >= 15 is 0 Å². The van der Waals surface area contributed by atoms with Gasteiger partial charge in [-0.3, -0.25) is 4.79 Å². The first-order chi connectivity index (χ1) is 14.2. The molecule has 0 spiro atoms. The molecule has 29 heavy (non-hydrogen) atoms. The normalized spacial score (nSPS) is 11.0. The molecule has 1 N–H and O–H groups in total. The van der Waals surface area contributed by atoms with Crippen LogP contribution in [0, 0.1) is 0 Å². The number of carbonyl (C=O) groups excluding carboxylic acids is 1. The van der Waals surface area contributed by atoms with Gasteiger partial charge < -0.3 is 9.88 Å². The lowest BCUT2D eigenvalue weighted by atomic mass is 10.1. The molecule has 0 radical (unpaired) electrons. The second-order valence-electron chi connectivity index (χ2n) is 6.42. The van der Waals surface area contributed by atoms with Crippen molar-refractivity contribution in [3.8, 4) is 11.4 Å². The molecule has 0 unspecified atom stereocenters. The predicted octanol–water partition coefficient (Wildman–Crippen LogP) is 5.61. The van der Waals surface area contributed by atoms with Crippen molar-refractivity contribution >= 4 is 50.1 Å². The summed E-state index contributed by atoms with van der Waals surface area (Å²) in [5, 5.41) is 14.5. The largest absolute Gasteiger partial charge is 0.325 e. The molecule has 0 aliphatic carbocycles. The molecule has 7 heteroatoms. The van der Waals surface area contributed by atoms with Gasteiger partial charge in [0.25, 0.3) is 0 Å². The monoisotopic (exact) mass is 466 g/mol. The van der Waals surface area contributed by atoms with Crippen LogP contribution < -0.4 is 5.32 Å². The molecule has 1 aromatic heterocycles. The van der Waals surface area contributed by atoms with Crippen molar-refractivity contribution in [3.05, 3.63) is 71.2 Å².